The summed E-state index contributed by atoms with van der Waals surface area (Å²) >= 11 is -1.72. The van der Waals surface area contributed by atoms with E-state index in [0.29, 0.717) is 23.8 Å². The lowest BCUT2D eigenvalue weighted by Gasteiger charge is -2.34. The largest absolute Gasteiger partial charge is 0.598 e. The normalized spacial score (nSPS) is 13.6. The lowest BCUT2D eigenvalue weighted by Crippen LogP contribution is -2.44. The van der Waals surface area contributed by atoms with Crippen molar-refractivity contribution in [3.05, 3.63) is 162 Å². The van der Waals surface area contributed by atoms with Gasteiger partial charge in [-0.1, -0.05) is 127 Å². The number of hydrogen-bond acceptors (Lipinski definition) is 4. The molecule has 240 valence electrons. The average molecular weight is 679 g/mol. The molecule has 5 nitrogen and oxygen atoms in total. The third kappa shape index (κ3) is 6.69. The van der Waals surface area contributed by atoms with Gasteiger partial charge in [0.25, 0.3) is 10.0 Å². The fourth-order valence-corrected chi connectivity index (χ4v) is 10.8. The van der Waals surface area contributed by atoms with Gasteiger partial charge < -0.3 is 4.55 Å². The van der Waals surface area contributed by atoms with Gasteiger partial charge in [-0.15, -0.1) is 0 Å². The Bertz CT molecular complexity index is 2020. The van der Waals surface area contributed by atoms with Crippen LogP contribution in [0.5, 0.6) is 0 Å². The number of para-hydroxylation sites is 1. The van der Waals surface area contributed by atoms with Crippen molar-refractivity contribution in [2.75, 3.05) is 0 Å². The number of hydrogen-bond donors (Lipinski definition) is 1. The number of fused-ring (bicyclic) bond motifs is 1. The van der Waals surface area contributed by atoms with E-state index in [9.17, 15) is 13.0 Å². The topological polar surface area (TPSA) is 88.2 Å². The Balaban J connectivity index is 1.69. The molecule has 0 aliphatic rings. The van der Waals surface area contributed by atoms with Crippen LogP contribution in [0.1, 0.15) is 42.1 Å². The standard InChI is InChI=1S/C39H39N2O3PS2/c1-29-23-25-30(26-24-29)27-35(39(2,3)46(40)42)38-34-21-13-14-22-36(34)41(47(43,44)33-19-11-6-12-20-33)37(38)28-45(31-15-7-4-8-16-31)32-17-9-5-10-18-32/h4-26,35H,27-28,40H2,1-3H3. The first-order chi connectivity index (χ1) is 22.6. The summed E-state index contributed by atoms with van der Waals surface area (Å²) in [6, 6.07) is 45.3. The molecular formula is C39H39N2O3PS2. The van der Waals surface area contributed by atoms with Crippen molar-refractivity contribution in [2.45, 2.75) is 48.9 Å². The number of nitrogens with two attached hydrogens (primary N) is 1. The third-order valence-electron chi connectivity index (χ3n) is 8.96. The van der Waals surface area contributed by atoms with Gasteiger partial charge >= 0.3 is 0 Å². The maximum absolute atomic E-state index is 14.8. The van der Waals surface area contributed by atoms with Gasteiger partial charge in [0.1, 0.15) is 4.75 Å². The molecule has 0 aliphatic heterocycles. The van der Waals surface area contributed by atoms with Crippen molar-refractivity contribution in [1.82, 2.24) is 3.97 Å². The minimum atomic E-state index is -4.04. The van der Waals surface area contributed by atoms with Crippen molar-refractivity contribution in [2.24, 2.45) is 5.14 Å². The van der Waals surface area contributed by atoms with Gasteiger partial charge in [0.2, 0.25) is 0 Å². The molecule has 2 atom stereocenters. The van der Waals surface area contributed by atoms with Crippen LogP contribution in [0.2, 0.25) is 0 Å². The molecule has 6 aromatic rings. The average Bonchev–Trinajstić information content (AvgIpc) is 3.42. The Morgan fingerprint density at radius 3 is 1.83 bits per heavy atom. The highest BCUT2D eigenvalue weighted by atomic mass is 32.2. The van der Waals surface area contributed by atoms with Crippen molar-refractivity contribution in [3.63, 3.8) is 0 Å². The molecule has 8 heteroatoms. The summed E-state index contributed by atoms with van der Waals surface area (Å²) in [7, 11) is -5.09. The second-order valence-corrected chi connectivity index (χ2v) is 18.0. The molecule has 5 aromatic carbocycles. The summed E-state index contributed by atoms with van der Waals surface area (Å²) in [5.74, 6) is -0.369. The Morgan fingerprint density at radius 1 is 0.766 bits per heavy atom. The van der Waals surface area contributed by atoms with E-state index in [2.05, 4.69) is 55.5 Å². The van der Waals surface area contributed by atoms with Gasteiger partial charge in [-0.3, -0.25) is 0 Å². The first-order valence-corrected chi connectivity index (χ1v) is 19.8. The van der Waals surface area contributed by atoms with E-state index >= 15 is 0 Å². The van der Waals surface area contributed by atoms with Crippen molar-refractivity contribution in [1.29, 1.82) is 0 Å². The van der Waals surface area contributed by atoms with E-state index in [0.717, 1.165) is 32.7 Å². The van der Waals surface area contributed by atoms with Crippen molar-refractivity contribution < 1.29 is 13.0 Å². The number of rotatable bonds is 11. The summed E-state index contributed by atoms with van der Waals surface area (Å²) in [6.07, 6.45) is 0.994. The quantitative estimate of drug-likeness (QED) is 0.113. The molecule has 0 amide bonds. The van der Waals surface area contributed by atoms with E-state index in [4.69, 9.17) is 5.14 Å². The zero-order valence-corrected chi connectivity index (χ0v) is 29.3. The SMILES string of the molecule is Cc1ccc(CC(c2c(CP(c3ccccc3)c3ccccc3)n(S(=O)(=O)c3ccccc3)c3ccccc23)C(C)(C)[S+](N)[O-])cc1. The van der Waals surface area contributed by atoms with Crippen molar-refractivity contribution >= 4 is 50.8 Å². The fraction of sp³-hybridized carbons (Fsp3) is 0.179. The Morgan fingerprint density at radius 2 is 1.28 bits per heavy atom. The molecule has 0 saturated heterocycles. The maximum Gasteiger partial charge on any atom is 0.268 e. The zero-order valence-electron chi connectivity index (χ0n) is 26.8. The van der Waals surface area contributed by atoms with Gasteiger partial charge in [-0.05, 0) is 75.0 Å². The number of aromatic nitrogens is 1. The van der Waals surface area contributed by atoms with Crippen LogP contribution in [-0.2, 0) is 34.0 Å². The second-order valence-electron chi connectivity index (χ2n) is 12.4. The monoisotopic (exact) mass is 678 g/mol. The molecule has 1 heterocycles. The number of nitrogens with zero attached hydrogens (tertiary/aromatic N) is 1. The number of benzene rings is 5. The molecule has 1 aromatic heterocycles. The molecule has 0 spiro atoms. The predicted octanol–water partition coefficient (Wildman–Crippen LogP) is 7.55. The second kappa shape index (κ2) is 13.8. The molecular weight excluding hydrogens is 640 g/mol. The van der Waals surface area contributed by atoms with Crippen LogP contribution in [0.15, 0.2) is 144 Å². The van der Waals surface area contributed by atoms with Crippen LogP contribution in [0.3, 0.4) is 0 Å². The highest BCUT2D eigenvalue weighted by molar-refractivity contribution is 7.90. The van der Waals surface area contributed by atoms with Crippen LogP contribution in [-0.4, -0.2) is 21.7 Å². The van der Waals surface area contributed by atoms with Gasteiger partial charge in [0, 0.05) is 34.5 Å². The minimum absolute atomic E-state index is 0.217. The maximum atomic E-state index is 14.8. The van der Waals surface area contributed by atoms with E-state index in [1.165, 1.54) is 0 Å². The summed E-state index contributed by atoms with van der Waals surface area (Å²) in [4.78, 5) is 0.217. The van der Waals surface area contributed by atoms with Gasteiger partial charge in [-0.2, -0.15) is 5.14 Å². The highest BCUT2D eigenvalue weighted by Crippen LogP contribution is 2.48. The van der Waals surface area contributed by atoms with Gasteiger partial charge in [0.05, 0.1) is 10.4 Å². The Hall–Kier alpha value is -3.71. The Kier molecular flexibility index (Phi) is 9.75. The summed E-state index contributed by atoms with van der Waals surface area (Å²) < 4.78 is 43.7. The first-order valence-electron chi connectivity index (χ1n) is 15.6. The van der Waals surface area contributed by atoms with Crippen LogP contribution in [0.4, 0.5) is 0 Å². The fourth-order valence-electron chi connectivity index (χ4n) is 6.29. The van der Waals surface area contributed by atoms with Crippen LogP contribution >= 0.6 is 7.92 Å². The first kappa shape index (κ1) is 33.2. The van der Waals surface area contributed by atoms with Crippen LogP contribution in [0.25, 0.3) is 10.9 Å². The molecule has 0 radical (unpaired) electrons. The van der Waals surface area contributed by atoms with E-state index < -0.39 is 34.1 Å². The smallest absolute Gasteiger partial charge is 0.268 e. The third-order valence-corrected chi connectivity index (χ3v) is 14.5. The Labute approximate surface area is 282 Å². The molecule has 0 aliphatic carbocycles. The van der Waals surface area contributed by atoms with E-state index in [-0.39, 0.29) is 10.8 Å². The van der Waals surface area contributed by atoms with E-state index in [1.807, 2.05) is 80.6 Å². The zero-order chi connectivity index (χ0) is 33.2. The molecule has 0 bridgehead atoms. The summed E-state index contributed by atoms with van der Waals surface area (Å²) in [5, 5.41) is 9.41. The summed E-state index contributed by atoms with van der Waals surface area (Å²) in [6.45, 7) is 5.91. The van der Waals surface area contributed by atoms with E-state index in [1.54, 1.807) is 28.2 Å². The highest BCUT2D eigenvalue weighted by Gasteiger charge is 2.44. The molecule has 0 fully saturated rings. The molecule has 2 N–H and O–H groups in total. The summed E-state index contributed by atoms with van der Waals surface area (Å²) in [5.41, 5.74) is 4.40. The molecule has 6 rings (SSSR count). The molecule has 2 unspecified atom stereocenters. The van der Waals surface area contributed by atoms with Gasteiger partial charge in [-0.25, -0.2) is 12.4 Å². The van der Waals surface area contributed by atoms with Crippen LogP contribution in [0, 0.1) is 6.92 Å². The lowest BCUT2D eigenvalue weighted by molar-refractivity contribution is 0.481. The van der Waals surface area contributed by atoms with Crippen LogP contribution < -0.4 is 15.7 Å². The van der Waals surface area contributed by atoms with Gasteiger partial charge in [0.15, 0.2) is 0 Å². The number of aryl methyl sites for hydroxylation is 1. The molecule has 47 heavy (non-hydrogen) atoms. The minimum Gasteiger partial charge on any atom is -0.598 e. The predicted molar refractivity (Wildman–Crippen MR) is 198 cm³/mol. The van der Waals surface area contributed by atoms with Crippen molar-refractivity contribution in [3.8, 4) is 0 Å². The lowest BCUT2D eigenvalue weighted by atomic mass is 9.81. The molecule has 0 saturated carbocycles.